The van der Waals surface area contributed by atoms with Gasteiger partial charge in [-0.2, -0.15) is 4.98 Å². The van der Waals surface area contributed by atoms with Gasteiger partial charge in [0.05, 0.1) is 0 Å². The van der Waals surface area contributed by atoms with Crippen molar-refractivity contribution in [2.75, 3.05) is 6.54 Å². The van der Waals surface area contributed by atoms with E-state index in [1.807, 2.05) is 24.0 Å². The summed E-state index contributed by atoms with van der Waals surface area (Å²) < 4.78 is 5.46. The molecule has 0 spiro atoms. The minimum Gasteiger partial charge on any atom is -0.337 e. The van der Waals surface area contributed by atoms with Crippen molar-refractivity contribution in [1.29, 1.82) is 0 Å². The summed E-state index contributed by atoms with van der Waals surface area (Å²) in [7, 11) is 0. The highest BCUT2D eigenvalue weighted by Gasteiger charge is 2.31. The molecule has 1 aliphatic heterocycles. The van der Waals surface area contributed by atoms with Crippen molar-refractivity contribution in [3.05, 3.63) is 35.2 Å². The zero-order valence-electron chi connectivity index (χ0n) is 13.2. The van der Waals surface area contributed by atoms with Crippen molar-refractivity contribution in [3.63, 3.8) is 0 Å². The van der Waals surface area contributed by atoms with Crippen LogP contribution in [0.5, 0.6) is 0 Å². The van der Waals surface area contributed by atoms with Crippen molar-refractivity contribution in [1.82, 2.24) is 15.0 Å². The molecule has 6 heteroatoms. The summed E-state index contributed by atoms with van der Waals surface area (Å²) in [6, 6.07) is 7.21. The highest BCUT2D eigenvalue weighted by Crippen LogP contribution is 2.31. The van der Waals surface area contributed by atoms with Gasteiger partial charge < -0.3 is 9.42 Å². The second kappa shape index (κ2) is 7.13. The average molecular weight is 334 g/mol. The van der Waals surface area contributed by atoms with Gasteiger partial charge in [-0.3, -0.25) is 4.79 Å². The third-order valence-corrected chi connectivity index (χ3v) is 4.37. The fourth-order valence-corrected chi connectivity index (χ4v) is 3.06. The molecule has 0 bridgehead atoms. The van der Waals surface area contributed by atoms with Crippen molar-refractivity contribution < 1.29 is 9.32 Å². The molecule has 1 amide bonds. The van der Waals surface area contributed by atoms with Crippen molar-refractivity contribution >= 4 is 17.5 Å². The Balaban J connectivity index is 1.82. The lowest BCUT2D eigenvalue weighted by Gasteiger charge is -2.33. The van der Waals surface area contributed by atoms with Crippen LogP contribution >= 0.6 is 11.6 Å². The van der Waals surface area contributed by atoms with E-state index in [4.69, 9.17) is 16.1 Å². The molecule has 1 aliphatic rings. The number of piperidine rings is 1. The number of hydrogen-bond acceptors (Lipinski definition) is 4. The first-order valence-corrected chi connectivity index (χ1v) is 8.46. The van der Waals surface area contributed by atoms with E-state index in [1.165, 1.54) is 0 Å². The molecule has 1 atom stereocenters. The van der Waals surface area contributed by atoms with Gasteiger partial charge in [0.2, 0.25) is 17.6 Å². The van der Waals surface area contributed by atoms with Crippen molar-refractivity contribution in [2.45, 2.75) is 45.1 Å². The Morgan fingerprint density at radius 1 is 1.35 bits per heavy atom. The molecule has 1 saturated heterocycles. The van der Waals surface area contributed by atoms with Crippen LogP contribution in [0.3, 0.4) is 0 Å². The number of aromatic nitrogens is 2. The first kappa shape index (κ1) is 16.0. The molecule has 1 aromatic carbocycles. The predicted molar refractivity (Wildman–Crippen MR) is 88.0 cm³/mol. The summed E-state index contributed by atoms with van der Waals surface area (Å²) in [5, 5.41) is 4.73. The number of carbonyl (C=O) groups is 1. The van der Waals surface area contributed by atoms with E-state index in [9.17, 15) is 4.79 Å². The Morgan fingerprint density at radius 3 is 2.87 bits per heavy atom. The summed E-state index contributed by atoms with van der Waals surface area (Å²) in [6.07, 6.45) is 4.39. The molecular formula is C17H20ClN3O2. The van der Waals surface area contributed by atoms with Crippen LogP contribution in [0, 0.1) is 0 Å². The summed E-state index contributed by atoms with van der Waals surface area (Å²) in [4.78, 5) is 18.7. The topological polar surface area (TPSA) is 59.2 Å². The number of benzene rings is 1. The molecule has 1 aromatic heterocycles. The Kier molecular flexibility index (Phi) is 4.96. The Morgan fingerprint density at radius 2 is 2.13 bits per heavy atom. The predicted octanol–water partition coefficient (Wildman–Crippen LogP) is 4.24. The van der Waals surface area contributed by atoms with Gasteiger partial charge in [0.1, 0.15) is 6.04 Å². The molecule has 23 heavy (non-hydrogen) atoms. The van der Waals surface area contributed by atoms with E-state index in [0.29, 0.717) is 23.2 Å². The van der Waals surface area contributed by atoms with Crippen LogP contribution in [0.2, 0.25) is 5.02 Å². The lowest BCUT2D eigenvalue weighted by Crippen LogP contribution is -2.38. The van der Waals surface area contributed by atoms with E-state index in [1.54, 1.807) is 12.1 Å². The van der Waals surface area contributed by atoms with E-state index in [2.05, 4.69) is 10.1 Å². The Labute approximate surface area is 140 Å². The summed E-state index contributed by atoms with van der Waals surface area (Å²) in [5.41, 5.74) is 0.853. The van der Waals surface area contributed by atoms with Gasteiger partial charge in [-0.25, -0.2) is 0 Å². The highest BCUT2D eigenvalue weighted by molar-refractivity contribution is 6.30. The fourth-order valence-electron chi connectivity index (χ4n) is 2.93. The van der Waals surface area contributed by atoms with Gasteiger partial charge in [-0.05, 0) is 49.9 Å². The number of carbonyl (C=O) groups excluding carboxylic acids is 1. The van der Waals surface area contributed by atoms with Crippen LogP contribution in [-0.4, -0.2) is 27.5 Å². The Hall–Kier alpha value is -1.88. The number of rotatable bonds is 4. The molecule has 122 valence electrons. The van der Waals surface area contributed by atoms with Gasteiger partial charge in [0, 0.05) is 23.6 Å². The molecule has 0 saturated carbocycles. The number of amides is 1. The van der Waals surface area contributed by atoms with Crippen molar-refractivity contribution in [3.8, 4) is 11.4 Å². The summed E-state index contributed by atoms with van der Waals surface area (Å²) in [5.74, 6) is 1.23. The van der Waals surface area contributed by atoms with Crippen LogP contribution < -0.4 is 0 Å². The van der Waals surface area contributed by atoms with Crippen LogP contribution in [0.4, 0.5) is 0 Å². The molecule has 0 unspecified atom stereocenters. The minimum atomic E-state index is -0.101. The fraction of sp³-hybridized carbons (Fsp3) is 0.471. The monoisotopic (exact) mass is 333 g/mol. The van der Waals surface area contributed by atoms with Gasteiger partial charge in [-0.1, -0.05) is 23.7 Å². The normalized spacial score (nSPS) is 18.2. The standard InChI is InChI=1S/C17H20ClN3O2/c1-2-5-15(22)21-11-4-3-6-14(21)17-19-16(20-23-17)12-7-9-13(18)10-8-12/h7-10,14H,2-6,11H2,1H3/t14-/m1/s1. The van der Waals surface area contributed by atoms with Gasteiger partial charge in [0.25, 0.3) is 0 Å². The SMILES string of the molecule is CCCC(=O)N1CCCC[C@@H]1c1nc(-c2ccc(Cl)cc2)no1. The van der Waals surface area contributed by atoms with Crippen LogP contribution in [0.1, 0.15) is 51.0 Å². The first-order valence-electron chi connectivity index (χ1n) is 8.08. The molecule has 3 rings (SSSR count). The first-order chi connectivity index (χ1) is 11.2. The maximum atomic E-state index is 12.3. The Bertz CT molecular complexity index is 669. The third kappa shape index (κ3) is 3.55. The molecule has 0 N–H and O–H groups in total. The number of hydrogen-bond donors (Lipinski definition) is 0. The number of likely N-dealkylation sites (tertiary alicyclic amines) is 1. The molecule has 0 radical (unpaired) electrons. The average Bonchev–Trinajstić information content (AvgIpc) is 3.05. The van der Waals surface area contributed by atoms with Crippen LogP contribution in [0.15, 0.2) is 28.8 Å². The lowest BCUT2D eigenvalue weighted by molar-refractivity contribution is -0.135. The number of halogens is 1. The maximum Gasteiger partial charge on any atom is 0.249 e. The second-order valence-electron chi connectivity index (χ2n) is 5.81. The summed E-state index contributed by atoms with van der Waals surface area (Å²) in [6.45, 7) is 2.78. The highest BCUT2D eigenvalue weighted by atomic mass is 35.5. The maximum absolute atomic E-state index is 12.3. The second-order valence-corrected chi connectivity index (χ2v) is 6.25. The van der Waals surface area contributed by atoms with Crippen LogP contribution in [0.25, 0.3) is 11.4 Å². The van der Waals surface area contributed by atoms with Gasteiger partial charge in [0.15, 0.2) is 0 Å². The summed E-state index contributed by atoms with van der Waals surface area (Å²) >= 11 is 5.90. The molecular weight excluding hydrogens is 314 g/mol. The smallest absolute Gasteiger partial charge is 0.249 e. The van der Waals surface area contributed by atoms with Gasteiger partial charge >= 0.3 is 0 Å². The molecule has 2 heterocycles. The largest absolute Gasteiger partial charge is 0.337 e. The quantitative estimate of drug-likeness (QED) is 0.839. The van der Waals surface area contributed by atoms with E-state index in [-0.39, 0.29) is 11.9 Å². The lowest BCUT2D eigenvalue weighted by atomic mass is 10.0. The zero-order chi connectivity index (χ0) is 16.2. The van der Waals surface area contributed by atoms with Gasteiger partial charge in [-0.15, -0.1) is 0 Å². The van der Waals surface area contributed by atoms with E-state index < -0.39 is 0 Å². The zero-order valence-corrected chi connectivity index (χ0v) is 13.9. The molecule has 5 nitrogen and oxygen atoms in total. The van der Waals surface area contributed by atoms with E-state index >= 15 is 0 Å². The minimum absolute atomic E-state index is 0.101. The third-order valence-electron chi connectivity index (χ3n) is 4.12. The molecule has 1 fully saturated rings. The van der Waals surface area contributed by atoms with Crippen molar-refractivity contribution in [2.24, 2.45) is 0 Å². The van der Waals surface area contributed by atoms with E-state index in [0.717, 1.165) is 37.8 Å². The molecule has 2 aromatic rings. The molecule has 0 aliphatic carbocycles. The van der Waals surface area contributed by atoms with Crippen LogP contribution in [-0.2, 0) is 4.79 Å². The number of nitrogens with zero attached hydrogens (tertiary/aromatic N) is 3.